The molecule has 3 aromatic rings. The van der Waals surface area contributed by atoms with E-state index >= 15 is 0 Å². The van der Waals surface area contributed by atoms with Gasteiger partial charge in [0.05, 0.1) is 18.4 Å². The zero-order valence-corrected chi connectivity index (χ0v) is 15.6. The van der Waals surface area contributed by atoms with Crippen LogP contribution in [-0.4, -0.2) is 35.9 Å². The number of hydrogen-bond acceptors (Lipinski definition) is 4. The molecule has 3 aromatic carbocycles. The molecule has 1 amide bonds. The molecule has 3 rings (SSSR count). The average Bonchev–Trinajstić information content (AvgIpc) is 2.70. The first kappa shape index (κ1) is 18.8. The van der Waals surface area contributed by atoms with Gasteiger partial charge in [-0.05, 0) is 23.6 Å². The molecule has 0 radical (unpaired) electrons. The maximum atomic E-state index is 13.4. The number of methoxy groups -OCH3 is 1. The van der Waals surface area contributed by atoms with Gasteiger partial charge in [0, 0.05) is 11.1 Å². The highest BCUT2D eigenvalue weighted by molar-refractivity contribution is 7.80. The van der Waals surface area contributed by atoms with Gasteiger partial charge < -0.3 is 9.84 Å². The molecule has 0 heterocycles. The highest BCUT2D eigenvalue weighted by Gasteiger charge is 2.33. The Morgan fingerprint density at radius 3 is 2.41 bits per heavy atom. The number of thiol groups is 1. The number of benzene rings is 3. The van der Waals surface area contributed by atoms with Crippen molar-refractivity contribution in [3.05, 3.63) is 72.3 Å². The summed E-state index contributed by atoms with van der Waals surface area (Å²) in [5, 5.41) is 11.4. The van der Waals surface area contributed by atoms with Crippen molar-refractivity contribution >= 4 is 41.0 Å². The van der Waals surface area contributed by atoms with E-state index in [9.17, 15) is 14.7 Å². The van der Waals surface area contributed by atoms with Gasteiger partial charge in [-0.1, -0.05) is 48.5 Å². The number of aliphatic carboxylic acids is 1. The predicted octanol–water partition coefficient (Wildman–Crippen LogP) is 3.88. The number of para-hydroxylation sites is 1. The molecule has 0 fully saturated rings. The fourth-order valence-electron chi connectivity index (χ4n) is 3.06. The molecule has 0 unspecified atom stereocenters. The van der Waals surface area contributed by atoms with Crippen molar-refractivity contribution in [3.63, 3.8) is 0 Å². The summed E-state index contributed by atoms with van der Waals surface area (Å²) >= 11 is 4.19. The first-order valence-corrected chi connectivity index (χ1v) is 8.99. The smallest absolute Gasteiger partial charge is 0.327 e. The summed E-state index contributed by atoms with van der Waals surface area (Å²) in [6.45, 7) is 0. The van der Waals surface area contributed by atoms with Gasteiger partial charge in [0.2, 0.25) is 0 Å². The molecule has 1 atom stereocenters. The maximum Gasteiger partial charge on any atom is 0.327 e. The SMILES string of the molecule is COc1ccccc1C(=O)N(c1cccc2ccccc12)[C@H](CS)C(=O)O. The molecule has 0 aliphatic heterocycles. The summed E-state index contributed by atoms with van der Waals surface area (Å²) in [5.74, 6) is -1.22. The minimum atomic E-state index is -1.13. The normalized spacial score (nSPS) is 11.8. The van der Waals surface area contributed by atoms with Crippen LogP contribution in [0.5, 0.6) is 5.75 Å². The van der Waals surface area contributed by atoms with Gasteiger partial charge in [-0.2, -0.15) is 12.6 Å². The number of rotatable bonds is 6. The van der Waals surface area contributed by atoms with Gasteiger partial charge in [0.15, 0.2) is 0 Å². The Morgan fingerprint density at radius 2 is 1.70 bits per heavy atom. The monoisotopic (exact) mass is 381 g/mol. The van der Waals surface area contributed by atoms with Crippen LogP contribution in [0.4, 0.5) is 5.69 Å². The number of carbonyl (C=O) groups is 2. The topological polar surface area (TPSA) is 66.8 Å². The average molecular weight is 381 g/mol. The third kappa shape index (κ3) is 3.61. The highest BCUT2D eigenvalue weighted by Crippen LogP contribution is 2.31. The second-order valence-corrected chi connectivity index (χ2v) is 6.28. The molecule has 0 aliphatic rings. The van der Waals surface area contributed by atoms with Crippen LogP contribution in [0.3, 0.4) is 0 Å². The quantitative estimate of drug-likeness (QED) is 0.636. The fraction of sp³-hybridized carbons (Fsp3) is 0.143. The summed E-state index contributed by atoms with van der Waals surface area (Å²) in [5.41, 5.74) is 0.812. The van der Waals surface area contributed by atoms with E-state index in [0.717, 1.165) is 10.8 Å². The van der Waals surface area contributed by atoms with Crippen molar-refractivity contribution in [2.45, 2.75) is 6.04 Å². The number of amides is 1. The third-order valence-corrected chi connectivity index (χ3v) is 4.70. The molecule has 0 bridgehead atoms. The number of hydrogen-bond donors (Lipinski definition) is 2. The van der Waals surface area contributed by atoms with Crippen LogP contribution in [0.1, 0.15) is 10.4 Å². The van der Waals surface area contributed by atoms with Crippen LogP contribution in [0, 0.1) is 0 Å². The Bertz CT molecular complexity index is 983. The molecule has 5 nitrogen and oxygen atoms in total. The Hall–Kier alpha value is -2.99. The minimum Gasteiger partial charge on any atom is -0.496 e. The number of fused-ring (bicyclic) bond motifs is 1. The van der Waals surface area contributed by atoms with Gasteiger partial charge in [-0.25, -0.2) is 4.79 Å². The molecule has 6 heteroatoms. The number of carboxylic acids is 1. The van der Waals surface area contributed by atoms with E-state index in [0.29, 0.717) is 17.0 Å². The highest BCUT2D eigenvalue weighted by atomic mass is 32.1. The van der Waals surface area contributed by atoms with Gasteiger partial charge in [0.25, 0.3) is 5.91 Å². The standard InChI is InChI=1S/C21H19NO4S/c1-26-19-12-5-4-10-16(19)20(23)22(18(13-27)21(24)25)17-11-6-8-14-7-2-3-9-15(14)17/h2-12,18,27H,13H2,1H3,(H,24,25)/t18-/m1/s1. The van der Waals surface area contributed by atoms with E-state index in [1.165, 1.54) is 12.0 Å². The zero-order valence-electron chi connectivity index (χ0n) is 14.7. The minimum absolute atomic E-state index is 0.0283. The van der Waals surface area contributed by atoms with E-state index in [1.807, 2.05) is 30.3 Å². The number of ether oxygens (including phenoxy) is 1. The molecule has 138 valence electrons. The first-order valence-electron chi connectivity index (χ1n) is 8.36. The van der Waals surface area contributed by atoms with Crippen molar-refractivity contribution < 1.29 is 19.4 Å². The molecule has 1 N–H and O–H groups in total. The van der Waals surface area contributed by atoms with Crippen molar-refractivity contribution in [1.82, 2.24) is 0 Å². The van der Waals surface area contributed by atoms with E-state index in [1.54, 1.807) is 36.4 Å². The lowest BCUT2D eigenvalue weighted by molar-refractivity contribution is -0.137. The van der Waals surface area contributed by atoms with Gasteiger partial charge >= 0.3 is 5.97 Å². The van der Waals surface area contributed by atoms with Gasteiger partial charge in [-0.3, -0.25) is 9.69 Å². The molecule has 0 aromatic heterocycles. The molecule has 0 spiro atoms. The predicted molar refractivity (Wildman–Crippen MR) is 109 cm³/mol. The summed E-state index contributed by atoms with van der Waals surface area (Å²) in [4.78, 5) is 26.6. The maximum absolute atomic E-state index is 13.4. The van der Waals surface area contributed by atoms with Crippen LogP contribution >= 0.6 is 12.6 Å². The van der Waals surface area contributed by atoms with Crippen LogP contribution in [0.25, 0.3) is 10.8 Å². The van der Waals surface area contributed by atoms with Crippen molar-refractivity contribution in [2.24, 2.45) is 0 Å². The summed E-state index contributed by atoms with van der Waals surface area (Å²) in [6, 6.07) is 18.6. The third-order valence-electron chi connectivity index (χ3n) is 4.35. The van der Waals surface area contributed by atoms with Crippen LogP contribution in [0.15, 0.2) is 66.7 Å². The number of carboxylic acid groups (broad SMARTS) is 1. The summed E-state index contributed by atoms with van der Waals surface area (Å²) in [6.07, 6.45) is 0. The first-order chi connectivity index (χ1) is 13.1. The zero-order chi connectivity index (χ0) is 19.4. The van der Waals surface area contributed by atoms with Gasteiger partial charge in [0.1, 0.15) is 11.8 Å². The lowest BCUT2D eigenvalue weighted by Crippen LogP contribution is -2.47. The van der Waals surface area contributed by atoms with Crippen LogP contribution in [0.2, 0.25) is 0 Å². The van der Waals surface area contributed by atoms with Crippen molar-refractivity contribution in [1.29, 1.82) is 0 Å². The van der Waals surface area contributed by atoms with E-state index < -0.39 is 17.9 Å². The second-order valence-electron chi connectivity index (χ2n) is 5.91. The Balaban J connectivity index is 2.23. The number of anilines is 1. The van der Waals surface area contributed by atoms with Crippen molar-refractivity contribution in [3.8, 4) is 5.75 Å². The lowest BCUT2D eigenvalue weighted by atomic mass is 10.0. The Morgan fingerprint density at radius 1 is 1.04 bits per heavy atom. The van der Waals surface area contributed by atoms with E-state index in [2.05, 4.69) is 12.6 Å². The van der Waals surface area contributed by atoms with Crippen LogP contribution < -0.4 is 9.64 Å². The molecular formula is C21H19NO4S. The van der Waals surface area contributed by atoms with Crippen molar-refractivity contribution in [2.75, 3.05) is 17.8 Å². The molecule has 0 saturated carbocycles. The molecule has 0 aliphatic carbocycles. The number of carbonyl (C=O) groups excluding carboxylic acids is 1. The van der Waals surface area contributed by atoms with E-state index in [4.69, 9.17) is 4.74 Å². The summed E-state index contributed by atoms with van der Waals surface area (Å²) < 4.78 is 5.30. The Kier molecular flexibility index (Phi) is 5.66. The summed E-state index contributed by atoms with van der Waals surface area (Å²) in [7, 11) is 1.47. The van der Waals surface area contributed by atoms with Crippen LogP contribution in [-0.2, 0) is 4.79 Å². The Labute approximate surface area is 162 Å². The molecular weight excluding hydrogens is 362 g/mol. The lowest BCUT2D eigenvalue weighted by Gasteiger charge is -2.29. The molecule has 27 heavy (non-hydrogen) atoms. The fourth-order valence-corrected chi connectivity index (χ4v) is 3.38. The van der Waals surface area contributed by atoms with E-state index in [-0.39, 0.29) is 5.75 Å². The largest absolute Gasteiger partial charge is 0.496 e. The number of nitrogens with zero attached hydrogens (tertiary/aromatic N) is 1. The van der Waals surface area contributed by atoms with Gasteiger partial charge in [-0.15, -0.1) is 0 Å². The molecule has 0 saturated heterocycles. The second kappa shape index (κ2) is 8.14.